The molecule has 1 amide bonds. The Labute approximate surface area is 149 Å². The minimum Gasteiger partial charge on any atom is -0.352 e. The van der Waals surface area contributed by atoms with Gasteiger partial charge in [0.05, 0.1) is 5.56 Å². The fourth-order valence-corrected chi connectivity index (χ4v) is 3.45. The standard InChI is InChI=1S/C20H26N4O/c1-16-11-19(13-22-12-16)20(25)23-9-6-17-3-2-10-24(14-17)15-18-4-7-21-8-5-18/h4-5,7-8,11-13,17H,2-3,6,9-10,14-15H2,1H3,(H,23,25)/t17-/m1/s1. The molecule has 3 rings (SSSR count). The van der Waals surface area contributed by atoms with Crippen molar-refractivity contribution in [3.63, 3.8) is 0 Å². The fourth-order valence-electron chi connectivity index (χ4n) is 3.45. The number of nitrogens with one attached hydrogen (secondary N) is 1. The first-order chi connectivity index (χ1) is 12.2. The third kappa shape index (κ3) is 5.36. The molecule has 0 radical (unpaired) electrons. The van der Waals surface area contributed by atoms with Crippen LogP contribution in [0.1, 0.15) is 40.7 Å². The van der Waals surface area contributed by atoms with Crippen LogP contribution in [0.25, 0.3) is 0 Å². The zero-order valence-electron chi connectivity index (χ0n) is 14.8. The molecule has 2 aromatic heterocycles. The first-order valence-corrected chi connectivity index (χ1v) is 9.02. The van der Waals surface area contributed by atoms with Crippen molar-refractivity contribution in [1.29, 1.82) is 0 Å². The molecule has 132 valence electrons. The Morgan fingerprint density at radius 2 is 2.12 bits per heavy atom. The number of hydrogen-bond donors (Lipinski definition) is 1. The van der Waals surface area contributed by atoms with E-state index < -0.39 is 0 Å². The maximum absolute atomic E-state index is 12.2. The third-order valence-corrected chi connectivity index (χ3v) is 4.73. The SMILES string of the molecule is Cc1cncc(C(=O)NCC[C@H]2CCCN(Cc3ccncc3)C2)c1. The number of piperidine rings is 1. The molecule has 0 aromatic carbocycles. The van der Waals surface area contributed by atoms with E-state index >= 15 is 0 Å². The summed E-state index contributed by atoms with van der Waals surface area (Å²) < 4.78 is 0. The van der Waals surface area contributed by atoms with E-state index in [2.05, 4.69) is 32.3 Å². The number of hydrogen-bond acceptors (Lipinski definition) is 4. The molecule has 5 heteroatoms. The highest BCUT2D eigenvalue weighted by Gasteiger charge is 2.20. The molecule has 0 bridgehead atoms. The second kappa shape index (κ2) is 8.72. The van der Waals surface area contributed by atoms with Crippen LogP contribution in [0.15, 0.2) is 43.0 Å². The van der Waals surface area contributed by atoms with Crippen molar-refractivity contribution in [3.8, 4) is 0 Å². The van der Waals surface area contributed by atoms with Crippen molar-refractivity contribution >= 4 is 5.91 Å². The Morgan fingerprint density at radius 3 is 2.92 bits per heavy atom. The van der Waals surface area contributed by atoms with Crippen LogP contribution >= 0.6 is 0 Å². The van der Waals surface area contributed by atoms with Crippen LogP contribution < -0.4 is 5.32 Å². The summed E-state index contributed by atoms with van der Waals surface area (Å²) in [4.78, 5) is 22.8. The van der Waals surface area contributed by atoms with E-state index in [1.807, 2.05) is 25.4 Å². The third-order valence-electron chi connectivity index (χ3n) is 4.73. The number of amides is 1. The molecule has 0 aliphatic carbocycles. The molecule has 25 heavy (non-hydrogen) atoms. The molecular weight excluding hydrogens is 312 g/mol. The predicted molar refractivity (Wildman–Crippen MR) is 98.2 cm³/mol. The van der Waals surface area contributed by atoms with Gasteiger partial charge in [-0.05, 0) is 68.0 Å². The van der Waals surface area contributed by atoms with Crippen molar-refractivity contribution in [2.75, 3.05) is 19.6 Å². The highest BCUT2D eigenvalue weighted by atomic mass is 16.1. The van der Waals surface area contributed by atoms with Crippen LogP contribution in [0.5, 0.6) is 0 Å². The van der Waals surface area contributed by atoms with Gasteiger partial charge in [0.15, 0.2) is 0 Å². The van der Waals surface area contributed by atoms with Crippen molar-refractivity contribution in [3.05, 3.63) is 59.7 Å². The highest BCUT2D eigenvalue weighted by molar-refractivity contribution is 5.93. The van der Waals surface area contributed by atoms with Crippen molar-refractivity contribution < 1.29 is 4.79 Å². The molecule has 1 N–H and O–H groups in total. The molecule has 3 heterocycles. The summed E-state index contributed by atoms with van der Waals surface area (Å²) in [6.07, 6.45) is 10.6. The van der Waals surface area contributed by atoms with E-state index in [1.165, 1.54) is 18.4 Å². The molecule has 2 aromatic rings. The van der Waals surface area contributed by atoms with Crippen LogP contribution in [0.3, 0.4) is 0 Å². The van der Waals surface area contributed by atoms with Crippen LogP contribution in [0.4, 0.5) is 0 Å². The van der Waals surface area contributed by atoms with Gasteiger partial charge in [-0.2, -0.15) is 0 Å². The summed E-state index contributed by atoms with van der Waals surface area (Å²) in [5.41, 5.74) is 2.96. The van der Waals surface area contributed by atoms with E-state index in [4.69, 9.17) is 0 Å². The molecule has 1 aliphatic heterocycles. The smallest absolute Gasteiger partial charge is 0.252 e. The second-order valence-corrected chi connectivity index (χ2v) is 6.89. The van der Waals surface area contributed by atoms with Crippen molar-refractivity contribution in [1.82, 2.24) is 20.2 Å². The lowest BCUT2D eigenvalue weighted by Crippen LogP contribution is -2.36. The quantitative estimate of drug-likeness (QED) is 0.880. The first kappa shape index (κ1) is 17.5. The van der Waals surface area contributed by atoms with Gasteiger partial charge in [0, 0.05) is 44.4 Å². The van der Waals surface area contributed by atoms with Gasteiger partial charge in [-0.25, -0.2) is 0 Å². The van der Waals surface area contributed by atoms with Crippen LogP contribution in [-0.4, -0.2) is 40.4 Å². The lowest BCUT2D eigenvalue weighted by Gasteiger charge is -2.32. The minimum atomic E-state index is -0.0272. The molecule has 1 fully saturated rings. The number of aromatic nitrogens is 2. The van der Waals surface area contributed by atoms with E-state index in [1.54, 1.807) is 12.4 Å². The lowest BCUT2D eigenvalue weighted by molar-refractivity contribution is 0.0946. The highest BCUT2D eigenvalue weighted by Crippen LogP contribution is 2.20. The lowest BCUT2D eigenvalue weighted by atomic mass is 9.94. The van der Waals surface area contributed by atoms with Gasteiger partial charge >= 0.3 is 0 Å². The van der Waals surface area contributed by atoms with E-state index in [0.717, 1.165) is 38.2 Å². The number of carbonyl (C=O) groups is 1. The monoisotopic (exact) mass is 338 g/mol. The number of nitrogens with zero attached hydrogens (tertiary/aromatic N) is 3. The summed E-state index contributed by atoms with van der Waals surface area (Å²) in [7, 11) is 0. The largest absolute Gasteiger partial charge is 0.352 e. The summed E-state index contributed by atoms with van der Waals surface area (Å²) >= 11 is 0. The Hall–Kier alpha value is -2.27. The van der Waals surface area contributed by atoms with Gasteiger partial charge in [0.1, 0.15) is 0 Å². The van der Waals surface area contributed by atoms with Crippen LogP contribution in [0, 0.1) is 12.8 Å². The minimum absolute atomic E-state index is 0.0272. The maximum Gasteiger partial charge on any atom is 0.252 e. The van der Waals surface area contributed by atoms with Gasteiger partial charge in [-0.15, -0.1) is 0 Å². The molecule has 0 unspecified atom stereocenters. The van der Waals surface area contributed by atoms with Gasteiger partial charge in [-0.3, -0.25) is 19.7 Å². The average Bonchev–Trinajstić information content (AvgIpc) is 2.63. The molecule has 1 atom stereocenters. The van der Waals surface area contributed by atoms with Gasteiger partial charge in [0.25, 0.3) is 5.91 Å². The van der Waals surface area contributed by atoms with Gasteiger partial charge in [0.2, 0.25) is 0 Å². The molecule has 5 nitrogen and oxygen atoms in total. The Balaban J connectivity index is 1.43. The maximum atomic E-state index is 12.2. The zero-order valence-corrected chi connectivity index (χ0v) is 14.8. The van der Waals surface area contributed by atoms with E-state index in [0.29, 0.717) is 11.5 Å². The fraction of sp³-hybridized carbons (Fsp3) is 0.450. The van der Waals surface area contributed by atoms with Crippen LogP contribution in [0.2, 0.25) is 0 Å². The summed E-state index contributed by atoms with van der Waals surface area (Å²) in [5.74, 6) is 0.618. The number of aryl methyl sites for hydroxylation is 1. The topological polar surface area (TPSA) is 58.1 Å². The number of likely N-dealkylation sites (tertiary alicyclic amines) is 1. The first-order valence-electron chi connectivity index (χ1n) is 9.02. The molecule has 0 spiro atoms. The van der Waals surface area contributed by atoms with Gasteiger partial charge in [-0.1, -0.05) is 0 Å². The Bertz CT molecular complexity index is 689. The second-order valence-electron chi connectivity index (χ2n) is 6.89. The summed E-state index contributed by atoms with van der Waals surface area (Å²) in [6, 6.07) is 6.04. The normalized spacial score (nSPS) is 18.0. The van der Waals surface area contributed by atoms with Gasteiger partial charge < -0.3 is 5.32 Å². The summed E-state index contributed by atoms with van der Waals surface area (Å²) in [5, 5.41) is 3.03. The molecule has 1 saturated heterocycles. The Kier molecular flexibility index (Phi) is 6.12. The molecule has 1 aliphatic rings. The molecular formula is C20H26N4O. The van der Waals surface area contributed by atoms with Crippen LogP contribution in [-0.2, 0) is 6.54 Å². The Morgan fingerprint density at radius 1 is 1.28 bits per heavy atom. The average molecular weight is 338 g/mol. The zero-order chi connectivity index (χ0) is 17.5. The number of pyridine rings is 2. The van der Waals surface area contributed by atoms with Crippen molar-refractivity contribution in [2.45, 2.75) is 32.7 Å². The number of carbonyl (C=O) groups excluding carboxylic acids is 1. The molecule has 0 saturated carbocycles. The predicted octanol–water partition coefficient (Wildman–Crippen LogP) is 2.82. The van der Waals surface area contributed by atoms with E-state index in [-0.39, 0.29) is 5.91 Å². The van der Waals surface area contributed by atoms with Crippen molar-refractivity contribution in [2.24, 2.45) is 5.92 Å². The number of rotatable bonds is 6. The summed E-state index contributed by atoms with van der Waals surface area (Å²) in [6.45, 7) is 5.91. The van der Waals surface area contributed by atoms with E-state index in [9.17, 15) is 4.79 Å².